The van der Waals surface area contributed by atoms with E-state index >= 15 is 0 Å². The minimum absolute atomic E-state index is 0.647. The summed E-state index contributed by atoms with van der Waals surface area (Å²) in [6.45, 7) is 12.0. The third-order valence-electron chi connectivity index (χ3n) is 4.08. The second-order valence-corrected chi connectivity index (χ2v) is 6.02. The fourth-order valence-electron chi connectivity index (χ4n) is 2.44. The second kappa shape index (κ2) is 9.70. The van der Waals surface area contributed by atoms with Gasteiger partial charge in [0.25, 0.3) is 0 Å². The number of hydrogen-bond donors (Lipinski definition) is 1. The molecular formula is C15H33N3O. The van der Waals surface area contributed by atoms with Gasteiger partial charge in [-0.2, -0.15) is 0 Å². The minimum atomic E-state index is 0.647. The molecule has 0 saturated carbocycles. The Labute approximate surface area is 119 Å². The molecule has 1 N–H and O–H groups in total. The average molecular weight is 271 g/mol. The summed E-state index contributed by atoms with van der Waals surface area (Å²) in [5, 5.41) is 3.69. The number of ether oxygens (including phenoxy) is 1. The van der Waals surface area contributed by atoms with E-state index in [0.29, 0.717) is 6.04 Å². The maximum Gasteiger partial charge on any atom is 0.0594 e. The fraction of sp³-hybridized carbons (Fsp3) is 1.00. The lowest BCUT2D eigenvalue weighted by Crippen LogP contribution is -2.42. The first-order valence-electron chi connectivity index (χ1n) is 7.81. The van der Waals surface area contributed by atoms with Crippen LogP contribution in [0.25, 0.3) is 0 Å². The van der Waals surface area contributed by atoms with Crippen LogP contribution < -0.4 is 5.32 Å². The van der Waals surface area contributed by atoms with E-state index in [1.54, 1.807) is 0 Å². The smallest absolute Gasteiger partial charge is 0.0594 e. The molecule has 1 heterocycles. The fourth-order valence-corrected chi connectivity index (χ4v) is 2.44. The van der Waals surface area contributed by atoms with Gasteiger partial charge in [-0.3, -0.25) is 4.90 Å². The molecule has 1 saturated heterocycles. The van der Waals surface area contributed by atoms with Crippen LogP contribution in [0.4, 0.5) is 0 Å². The Kier molecular flexibility index (Phi) is 8.62. The Hall–Kier alpha value is -0.160. The minimum Gasteiger partial charge on any atom is -0.379 e. The first-order chi connectivity index (χ1) is 9.13. The summed E-state index contributed by atoms with van der Waals surface area (Å²) in [7, 11) is 4.17. The van der Waals surface area contributed by atoms with E-state index in [1.165, 1.54) is 25.9 Å². The van der Waals surface area contributed by atoms with Crippen molar-refractivity contribution in [2.45, 2.75) is 32.7 Å². The van der Waals surface area contributed by atoms with Gasteiger partial charge in [0.1, 0.15) is 0 Å². The lowest BCUT2D eigenvalue weighted by molar-refractivity contribution is 0.0900. The SMILES string of the molecule is CCC(C)C1CN(CCOCCN(C)C)CCCN1. The predicted octanol–water partition coefficient (Wildman–Crippen LogP) is 1.27. The van der Waals surface area contributed by atoms with Gasteiger partial charge in [-0.1, -0.05) is 20.3 Å². The molecule has 1 rings (SSSR count). The molecule has 2 unspecified atom stereocenters. The van der Waals surface area contributed by atoms with Crippen molar-refractivity contribution in [1.82, 2.24) is 15.1 Å². The van der Waals surface area contributed by atoms with Crippen molar-refractivity contribution >= 4 is 0 Å². The zero-order valence-corrected chi connectivity index (χ0v) is 13.3. The highest BCUT2D eigenvalue weighted by molar-refractivity contribution is 4.80. The summed E-state index contributed by atoms with van der Waals surface area (Å²) in [4.78, 5) is 4.72. The molecule has 0 aromatic carbocycles. The van der Waals surface area contributed by atoms with Crippen molar-refractivity contribution in [3.63, 3.8) is 0 Å². The molecule has 0 aromatic rings. The van der Waals surface area contributed by atoms with E-state index in [4.69, 9.17) is 4.74 Å². The van der Waals surface area contributed by atoms with Gasteiger partial charge in [0.05, 0.1) is 13.2 Å². The number of likely N-dealkylation sites (N-methyl/N-ethyl adjacent to an activating group) is 1. The van der Waals surface area contributed by atoms with Crippen LogP contribution in [0.15, 0.2) is 0 Å². The van der Waals surface area contributed by atoms with Gasteiger partial charge in [0.2, 0.25) is 0 Å². The highest BCUT2D eigenvalue weighted by atomic mass is 16.5. The summed E-state index contributed by atoms with van der Waals surface area (Å²) >= 11 is 0. The molecule has 4 heteroatoms. The van der Waals surface area contributed by atoms with E-state index in [0.717, 1.165) is 38.8 Å². The summed E-state index contributed by atoms with van der Waals surface area (Å²) in [6.07, 6.45) is 2.51. The summed E-state index contributed by atoms with van der Waals surface area (Å²) in [5.41, 5.74) is 0. The van der Waals surface area contributed by atoms with E-state index in [-0.39, 0.29) is 0 Å². The zero-order valence-electron chi connectivity index (χ0n) is 13.3. The predicted molar refractivity (Wildman–Crippen MR) is 81.7 cm³/mol. The molecule has 19 heavy (non-hydrogen) atoms. The van der Waals surface area contributed by atoms with Crippen molar-refractivity contribution in [2.75, 3.05) is 60.0 Å². The van der Waals surface area contributed by atoms with Crippen LogP contribution in [0.1, 0.15) is 26.7 Å². The van der Waals surface area contributed by atoms with Gasteiger partial charge in [0.15, 0.2) is 0 Å². The van der Waals surface area contributed by atoms with Crippen molar-refractivity contribution in [3.8, 4) is 0 Å². The van der Waals surface area contributed by atoms with Crippen molar-refractivity contribution in [3.05, 3.63) is 0 Å². The van der Waals surface area contributed by atoms with Crippen LogP contribution in [0.2, 0.25) is 0 Å². The summed E-state index contributed by atoms with van der Waals surface area (Å²) in [6, 6.07) is 0.647. The molecule has 2 atom stereocenters. The lowest BCUT2D eigenvalue weighted by atomic mass is 9.99. The number of hydrogen-bond acceptors (Lipinski definition) is 4. The quantitative estimate of drug-likeness (QED) is 0.673. The molecule has 4 nitrogen and oxygen atoms in total. The molecule has 1 aliphatic heterocycles. The van der Waals surface area contributed by atoms with Crippen LogP contribution in [-0.4, -0.2) is 75.9 Å². The Balaban J connectivity index is 2.20. The molecule has 0 aromatic heterocycles. The summed E-state index contributed by atoms with van der Waals surface area (Å²) in [5.74, 6) is 0.759. The van der Waals surface area contributed by atoms with Crippen LogP contribution in [0, 0.1) is 5.92 Å². The van der Waals surface area contributed by atoms with E-state index in [2.05, 4.69) is 43.1 Å². The lowest BCUT2D eigenvalue weighted by Gasteiger charge is -2.28. The number of rotatable bonds is 8. The van der Waals surface area contributed by atoms with Crippen LogP contribution in [0.3, 0.4) is 0 Å². The van der Waals surface area contributed by atoms with Gasteiger partial charge < -0.3 is 15.0 Å². The maximum absolute atomic E-state index is 5.71. The molecule has 0 amide bonds. The molecule has 0 bridgehead atoms. The third-order valence-corrected chi connectivity index (χ3v) is 4.08. The normalized spacial score (nSPS) is 23.5. The Morgan fingerprint density at radius 1 is 1.37 bits per heavy atom. The number of nitrogens with zero attached hydrogens (tertiary/aromatic N) is 2. The molecule has 0 radical (unpaired) electrons. The van der Waals surface area contributed by atoms with Crippen LogP contribution in [0.5, 0.6) is 0 Å². The average Bonchev–Trinajstić information content (AvgIpc) is 2.62. The second-order valence-electron chi connectivity index (χ2n) is 6.02. The number of nitrogens with one attached hydrogen (secondary N) is 1. The monoisotopic (exact) mass is 271 g/mol. The van der Waals surface area contributed by atoms with Crippen molar-refractivity contribution in [1.29, 1.82) is 0 Å². The van der Waals surface area contributed by atoms with Crippen molar-refractivity contribution in [2.24, 2.45) is 5.92 Å². The van der Waals surface area contributed by atoms with Gasteiger partial charge in [-0.05, 0) is 39.5 Å². The first-order valence-corrected chi connectivity index (χ1v) is 7.81. The highest BCUT2D eigenvalue weighted by Crippen LogP contribution is 2.12. The van der Waals surface area contributed by atoms with Crippen LogP contribution in [-0.2, 0) is 4.74 Å². The Bertz CT molecular complexity index is 223. The van der Waals surface area contributed by atoms with Crippen LogP contribution >= 0.6 is 0 Å². The zero-order chi connectivity index (χ0) is 14.1. The highest BCUT2D eigenvalue weighted by Gasteiger charge is 2.21. The molecule has 1 aliphatic rings. The van der Waals surface area contributed by atoms with Gasteiger partial charge in [-0.15, -0.1) is 0 Å². The Morgan fingerprint density at radius 3 is 2.84 bits per heavy atom. The Morgan fingerprint density at radius 2 is 2.16 bits per heavy atom. The molecular weight excluding hydrogens is 238 g/mol. The van der Waals surface area contributed by atoms with E-state index < -0.39 is 0 Å². The molecule has 114 valence electrons. The standard InChI is InChI=1S/C15H33N3O/c1-5-14(2)15-13-18(8-6-7-16-15)10-12-19-11-9-17(3)4/h14-16H,5-13H2,1-4H3. The maximum atomic E-state index is 5.71. The van der Waals surface area contributed by atoms with Gasteiger partial charge >= 0.3 is 0 Å². The summed E-state index contributed by atoms with van der Waals surface area (Å²) < 4.78 is 5.71. The molecule has 0 spiro atoms. The van der Waals surface area contributed by atoms with E-state index in [1.807, 2.05) is 0 Å². The third kappa shape index (κ3) is 7.25. The van der Waals surface area contributed by atoms with Gasteiger partial charge in [0, 0.05) is 25.7 Å². The molecule has 0 aliphatic carbocycles. The van der Waals surface area contributed by atoms with Crippen molar-refractivity contribution < 1.29 is 4.74 Å². The molecule has 1 fully saturated rings. The topological polar surface area (TPSA) is 27.7 Å². The van der Waals surface area contributed by atoms with E-state index in [9.17, 15) is 0 Å². The largest absolute Gasteiger partial charge is 0.379 e. The van der Waals surface area contributed by atoms with Gasteiger partial charge in [-0.25, -0.2) is 0 Å². The first kappa shape index (κ1) is 16.9.